The van der Waals surface area contributed by atoms with E-state index in [1.807, 2.05) is 37.1 Å². The highest BCUT2D eigenvalue weighted by Crippen LogP contribution is 2.35. The second kappa shape index (κ2) is 9.63. The van der Waals surface area contributed by atoms with Gasteiger partial charge in [-0.25, -0.2) is 4.98 Å². The summed E-state index contributed by atoms with van der Waals surface area (Å²) in [5.41, 5.74) is 4.10. The van der Waals surface area contributed by atoms with E-state index in [9.17, 15) is 4.79 Å². The third kappa shape index (κ3) is 4.45. The summed E-state index contributed by atoms with van der Waals surface area (Å²) in [6.45, 7) is 3.91. The van der Waals surface area contributed by atoms with Crippen LogP contribution in [-0.4, -0.2) is 60.5 Å². The van der Waals surface area contributed by atoms with E-state index < -0.39 is 0 Å². The number of hydrogen-bond acceptors (Lipinski definition) is 6. The molecule has 1 amide bonds. The number of hydrogen-bond donors (Lipinski definition) is 2. The fourth-order valence-corrected chi connectivity index (χ4v) is 5.99. The largest absolute Gasteiger partial charge is 0.486 e. The third-order valence-electron chi connectivity index (χ3n) is 7.29. The lowest BCUT2D eigenvalue weighted by Gasteiger charge is -2.33. The van der Waals surface area contributed by atoms with Crippen molar-refractivity contribution in [2.75, 3.05) is 13.6 Å². The lowest BCUT2D eigenvalue weighted by Crippen LogP contribution is -2.47. The topological polar surface area (TPSA) is 103 Å². The minimum Gasteiger partial charge on any atom is -0.486 e. The van der Waals surface area contributed by atoms with Crippen molar-refractivity contribution >= 4 is 40.0 Å². The maximum absolute atomic E-state index is 13.1. The first-order valence-electron chi connectivity index (χ1n) is 12.4. The van der Waals surface area contributed by atoms with Gasteiger partial charge in [0, 0.05) is 23.3 Å². The molecule has 0 saturated carbocycles. The maximum atomic E-state index is 13.1. The van der Waals surface area contributed by atoms with Crippen molar-refractivity contribution in [2.24, 2.45) is 0 Å². The Bertz CT molecular complexity index is 1440. The van der Waals surface area contributed by atoms with Crippen LogP contribution in [0.15, 0.2) is 30.6 Å². The van der Waals surface area contributed by atoms with E-state index in [0.717, 1.165) is 48.1 Å². The molecule has 6 rings (SSSR count). The lowest BCUT2D eigenvalue weighted by molar-refractivity contribution is -0.138. The number of imidazole rings is 1. The molecule has 9 nitrogen and oxygen atoms in total. The molecule has 0 spiro atoms. The number of ether oxygens (including phenoxy) is 1. The lowest BCUT2D eigenvalue weighted by atomic mass is 10.0. The zero-order valence-corrected chi connectivity index (χ0v) is 22.1. The molecule has 2 aliphatic heterocycles. The first kappa shape index (κ1) is 24.2. The highest BCUT2D eigenvalue weighted by atomic mass is 35.5. The molecule has 11 heteroatoms. The van der Waals surface area contributed by atoms with Gasteiger partial charge in [-0.15, -0.1) is 0 Å². The molecule has 2 aliphatic rings. The van der Waals surface area contributed by atoms with Gasteiger partial charge in [-0.05, 0) is 51.6 Å². The summed E-state index contributed by atoms with van der Waals surface area (Å²) in [6, 6.07) is 5.68. The fourth-order valence-electron chi connectivity index (χ4n) is 5.32. The van der Waals surface area contributed by atoms with Crippen LogP contribution < -0.4 is 4.74 Å². The smallest absolute Gasteiger partial charge is 0.240 e. The van der Waals surface area contributed by atoms with Crippen LogP contribution in [0.25, 0.3) is 22.4 Å². The van der Waals surface area contributed by atoms with E-state index >= 15 is 0 Å². The molecule has 0 bridgehead atoms. The number of carbonyl (C=O) groups is 1. The molecular weight excluding hydrogens is 513 g/mol. The number of carbonyl (C=O) groups excluding carboxylic acids is 1. The van der Waals surface area contributed by atoms with Crippen molar-refractivity contribution in [3.8, 4) is 17.3 Å². The number of halogens is 2. The summed E-state index contributed by atoms with van der Waals surface area (Å²) in [6.07, 6.45) is 5.90. The van der Waals surface area contributed by atoms with Crippen molar-refractivity contribution in [1.82, 2.24) is 34.9 Å². The van der Waals surface area contributed by atoms with Gasteiger partial charge >= 0.3 is 0 Å². The first-order chi connectivity index (χ1) is 17.9. The molecular formula is C26H27Cl2N7O2. The number of benzene rings is 1. The average Bonchev–Trinajstić information content (AvgIpc) is 3.56. The molecule has 1 fully saturated rings. The molecule has 1 saturated heterocycles. The van der Waals surface area contributed by atoms with Gasteiger partial charge in [0.1, 0.15) is 17.5 Å². The molecule has 1 aromatic carbocycles. The molecule has 37 heavy (non-hydrogen) atoms. The Kier molecular flexibility index (Phi) is 6.30. The second-order valence-electron chi connectivity index (χ2n) is 9.75. The number of fused-ring (bicyclic) bond motifs is 2. The Morgan fingerprint density at radius 3 is 2.76 bits per heavy atom. The van der Waals surface area contributed by atoms with E-state index in [4.69, 9.17) is 32.9 Å². The van der Waals surface area contributed by atoms with Crippen LogP contribution in [0, 0.1) is 0 Å². The van der Waals surface area contributed by atoms with Crippen LogP contribution in [0.5, 0.6) is 5.75 Å². The molecule has 2 N–H and O–H groups in total. The van der Waals surface area contributed by atoms with Crippen molar-refractivity contribution in [1.29, 1.82) is 0 Å². The highest BCUT2D eigenvalue weighted by Gasteiger charge is 2.34. The molecule has 4 aromatic rings. The second-order valence-corrected chi connectivity index (χ2v) is 10.6. The Hall–Kier alpha value is -3.14. The number of aromatic nitrogens is 5. The van der Waals surface area contributed by atoms with Crippen LogP contribution in [0.2, 0.25) is 10.0 Å². The average molecular weight is 540 g/mol. The van der Waals surface area contributed by atoms with Gasteiger partial charge in [0.2, 0.25) is 5.91 Å². The number of aromatic amines is 2. The SMILES string of the molecule is CC(Oc1ccc2[nH]nc(-c3nc4c([nH]3)CN(C(=O)[C@@H]3CCCCN3C)C4)c2c1)c1c(Cl)cncc1Cl. The van der Waals surface area contributed by atoms with Gasteiger partial charge in [0.05, 0.1) is 46.1 Å². The van der Waals surface area contributed by atoms with Crippen molar-refractivity contribution in [2.45, 2.75) is 51.4 Å². The number of H-pyrrole nitrogens is 2. The van der Waals surface area contributed by atoms with Crippen LogP contribution in [-0.2, 0) is 17.9 Å². The molecule has 0 radical (unpaired) electrons. The molecule has 1 unspecified atom stereocenters. The zero-order valence-electron chi connectivity index (χ0n) is 20.6. The number of likely N-dealkylation sites (N-methyl/N-ethyl adjacent to an activating group) is 1. The summed E-state index contributed by atoms with van der Waals surface area (Å²) in [7, 11) is 2.04. The summed E-state index contributed by atoms with van der Waals surface area (Å²) in [4.78, 5) is 29.4. The van der Waals surface area contributed by atoms with E-state index in [-0.39, 0.29) is 18.1 Å². The van der Waals surface area contributed by atoms with Crippen molar-refractivity contribution in [3.63, 3.8) is 0 Å². The predicted octanol–water partition coefficient (Wildman–Crippen LogP) is 5.12. The molecule has 5 heterocycles. The van der Waals surface area contributed by atoms with Gasteiger partial charge < -0.3 is 14.6 Å². The third-order valence-corrected chi connectivity index (χ3v) is 7.89. The van der Waals surface area contributed by atoms with Crippen LogP contribution in [0.1, 0.15) is 49.2 Å². The normalized spacial score (nSPS) is 18.8. The molecule has 192 valence electrons. The maximum Gasteiger partial charge on any atom is 0.240 e. The van der Waals surface area contributed by atoms with E-state index in [2.05, 4.69) is 25.1 Å². The fraction of sp³-hybridized carbons (Fsp3) is 0.385. The number of amides is 1. The number of nitrogens with zero attached hydrogens (tertiary/aromatic N) is 5. The Balaban J connectivity index is 1.22. The monoisotopic (exact) mass is 539 g/mol. The van der Waals surface area contributed by atoms with E-state index in [1.54, 1.807) is 12.4 Å². The highest BCUT2D eigenvalue weighted by molar-refractivity contribution is 6.35. The number of likely N-dealkylation sites (tertiary alicyclic amines) is 1. The summed E-state index contributed by atoms with van der Waals surface area (Å²) in [5, 5.41) is 9.37. The minimum absolute atomic E-state index is 0.0368. The first-order valence-corrected chi connectivity index (χ1v) is 13.2. The number of rotatable bonds is 5. The molecule has 0 aliphatic carbocycles. The van der Waals surface area contributed by atoms with Crippen LogP contribution in [0.3, 0.4) is 0 Å². The number of piperidine rings is 1. The van der Waals surface area contributed by atoms with Gasteiger partial charge in [-0.2, -0.15) is 5.10 Å². The van der Waals surface area contributed by atoms with Crippen LogP contribution >= 0.6 is 23.2 Å². The predicted molar refractivity (Wildman–Crippen MR) is 141 cm³/mol. The standard InChI is InChI=1S/C26H27Cl2N7O2/c1-14(23-17(27)10-29-11-18(23)28)37-15-6-7-19-16(9-15)24(33-32-19)25-30-20-12-35(13-21(20)31-25)26(36)22-5-3-4-8-34(22)2/h6-7,9-11,14,22H,3-5,8,12-13H2,1-2H3,(H,30,31)(H,32,33)/t14?,22-/m0/s1. The minimum atomic E-state index is -0.380. The van der Waals surface area contributed by atoms with Gasteiger partial charge in [-0.1, -0.05) is 29.6 Å². The van der Waals surface area contributed by atoms with Gasteiger partial charge in [-0.3, -0.25) is 19.8 Å². The van der Waals surface area contributed by atoms with Gasteiger partial charge in [0.25, 0.3) is 0 Å². The Labute approximate surface area is 224 Å². The summed E-state index contributed by atoms with van der Waals surface area (Å²) < 4.78 is 6.18. The van der Waals surface area contributed by atoms with Crippen molar-refractivity contribution in [3.05, 3.63) is 57.6 Å². The quantitative estimate of drug-likeness (QED) is 0.364. The van der Waals surface area contributed by atoms with Gasteiger partial charge in [0.15, 0.2) is 5.82 Å². The number of pyridine rings is 1. The molecule has 3 aromatic heterocycles. The number of nitrogens with one attached hydrogen (secondary N) is 2. The Morgan fingerprint density at radius 2 is 2.00 bits per heavy atom. The Morgan fingerprint density at radius 1 is 1.19 bits per heavy atom. The zero-order chi connectivity index (χ0) is 25.7. The summed E-state index contributed by atoms with van der Waals surface area (Å²) >= 11 is 12.6. The summed E-state index contributed by atoms with van der Waals surface area (Å²) in [5.74, 6) is 1.51. The van der Waals surface area contributed by atoms with E-state index in [1.165, 1.54) is 0 Å². The molecule has 2 atom stereocenters. The van der Waals surface area contributed by atoms with E-state index in [0.29, 0.717) is 46.0 Å². The van der Waals surface area contributed by atoms with Crippen LogP contribution in [0.4, 0.5) is 0 Å². The van der Waals surface area contributed by atoms with Crippen molar-refractivity contribution < 1.29 is 9.53 Å².